The van der Waals surface area contributed by atoms with E-state index in [9.17, 15) is 9.18 Å². The number of amides is 1. The molecule has 0 radical (unpaired) electrons. The van der Waals surface area contributed by atoms with Crippen molar-refractivity contribution >= 4 is 17.3 Å². The molecule has 1 fully saturated rings. The van der Waals surface area contributed by atoms with Gasteiger partial charge in [-0.1, -0.05) is 30.3 Å². The van der Waals surface area contributed by atoms with Crippen LogP contribution >= 0.6 is 0 Å². The monoisotopic (exact) mass is 341 g/mol. The van der Waals surface area contributed by atoms with Crippen molar-refractivity contribution in [2.75, 3.05) is 24.1 Å². The van der Waals surface area contributed by atoms with Crippen molar-refractivity contribution in [3.8, 4) is 0 Å². The van der Waals surface area contributed by atoms with Crippen LogP contribution < -0.4 is 11.1 Å². The topological polar surface area (TPSA) is 58.4 Å². The zero-order chi connectivity index (χ0) is 17.8. The SMILES string of the molecule is C[C@@H]1C[C@@H](c2ccccc2)CN1CCC(=O)Nc1cc(N)ccc1F. The number of benzene rings is 2. The standard InChI is InChI=1S/C20H24FN3O/c1-14-11-16(15-5-3-2-4-6-15)13-24(14)10-9-20(25)23-19-12-17(22)7-8-18(19)21/h2-8,12,14,16H,9-11,13,22H2,1H3,(H,23,25)/t14-,16-/m1/s1. The van der Waals surface area contributed by atoms with Crippen molar-refractivity contribution in [2.45, 2.75) is 31.7 Å². The molecule has 0 bridgehead atoms. The van der Waals surface area contributed by atoms with Crippen molar-refractivity contribution in [2.24, 2.45) is 0 Å². The lowest BCUT2D eigenvalue weighted by Crippen LogP contribution is -2.30. The van der Waals surface area contributed by atoms with E-state index in [2.05, 4.69) is 41.4 Å². The first-order chi connectivity index (χ1) is 12.0. The zero-order valence-electron chi connectivity index (χ0n) is 14.4. The third kappa shape index (κ3) is 4.37. The first-order valence-corrected chi connectivity index (χ1v) is 8.67. The van der Waals surface area contributed by atoms with E-state index in [1.54, 1.807) is 0 Å². The summed E-state index contributed by atoms with van der Waals surface area (Å²) in [4.78, 5) is 14.5. The Morgan fingerprint density at radius 2 is 2.04 bits per heavy atom. The van der Waals surface area contributed by atoms with E-state index in [-0.39, 0.29) is 11.6 Å². The molecule has 25 heavy (non-hydrogen) atoms. The smallest absolute Gasteiger partial charge is 0.225 e. The van der Waals surface area contributed by atoms with E-state index in [1.165, 1.54) is 23.8 Å². The van der Waals surface area contributed by atoms with Gasteiger partial charge in [-0.25, -0.2) is 4.39 Å². The Morgan fingerprint density at radius 3 is 2.80 bits per heavy atom. The molecule has 0 aliphatic carbocycles. The van der Waals surface area contributed by atoms with Gasteiger partial charge in [0.1, 0.15) is 5.82 Å². The van der Waals surface area contributed by atoms with Crippen LogP contribution in [0.1, 0.15) is 31.2 Å². The first-order valence-electron chi connectivity index (χ1n) is 8.67. The molecular formula is C20H24FN3O. The summed E-state index contributed by atoms with van der Waals surface area (Å²) in [7, 11) is 0. The van der Waals surface area contributed by atoms with Crippen LogP contribution in [0.25, 0.3) is 0 Å². The molecule has 3 N–H and O–H groups in total. The van der Waals surface area contributed by atoms with Gasteiger partial charge in [0, 0.05) is 31.2 Å². The minimum Gasteiger partial charge on any atom is -0.399 e. The van der Waals surface area contributed by atoms with Crippen molar-refractivity contribution in [1.29, 1.82) is 0 Å². The lowest BCUT2D eigenvalue weighted by Gasteiger charge is -2.20. The molecule has 0 saturated carbocycles. The van der Waals surface area contributed by atoms with Crippen molar-refractivity contribution in [3.05, 3.63) is 59.9 Å². The largest absolute Gasteiger partial charge is 0.399 e. The summed E-state index contributed by atoms with van der Waals surface area (Å²) < 4.78 is 13.7. The van der Waals surface area contributed by atoms with Gasteiger partial charge in [0.15, 0.2) is 0 Å². The van der Waals surface area contributed by atoms with Crippen LogP contribution in [0.15, 0.2) is 48.5 Å². The maximum Gasteiger partial charge on any atom is 0.225 e. The molecule has 1 aliphatic rings. The molecule has 1 heterocycles. The number of halogens is 1. The lowest BCUT2D eigenvalue weighted by molar-refractivity contribution is -0.116. The molecule has 3 rings (SSSR count). The lowest BCUT2D eigenvalue weighted by atomic mass is 9.97. The van der Waals surface area contributed by atoms with E-state index >= 15 is 0 Å². The molecule has 0 unspecified atom stereocenters. The number of nitrogens with two attached hydrogens (primary N) is 1. The number of hydrogen-bond donors (Lipinski definition) is 2. The second kappa shape index (κ2) is 7.66. The molecule has 2 aromatic rings. The van der Waals surface area contributed by atoms with Crippen LogP contribution in [-0.2, 0) is 4.79 Å². The highest BCUT2D eigenvalue weighted by molar-refractivity contribution is 5.91. The molecule has 1 saturated heterocycles. The molecule has 4 nitrogen and oxygen atoms in total. The number of likely N-dealkylation sites (tertiary alicyclic amines) is 1. The highest BCUT2D eigenvalue weighted by atomic mass is 19.1. The third-order valence-corrected chi connectivity index (χ3v) is 4.87. The first kappa shape index (κ1) is 17.4. The predicted octanol–water partition coefficient (Wildman–Crippen LogP) is 3.61. The van der Waals surface area contributed by atoms with Crippen molar-refractivity contribution in [1.82, 2.24) is 4.90 Å². The highest BCUT2D eigenvalue weighted by Gasteiger charge is 2.29. The number of anilines is 2. The summed E-state index contributed by atoms with van der Waals surface area (Å²) in [5.74, 6) is -0.160. The van der Waals surface area contributed by atoms with Gasteiger partial charge in [-0.05, 0) is 43.0 Å². The molecule has 1 amide bonds. The fourth-order valence-electron chi connectivity index (χ4n) is 3.47. The van der Waals surface area contributed by atoms with Gasteiger partial charge in [-0.3, -0.25) is 9.69 Å². The number of nitrogens with one attached hydrogen (secondary N) is 1. The summed E-state index contributed by atoms with van der Waals surface area (Å²) >= 11 is 0. The Kier molecular flexibility index (Phi) is 5.34. The summed E-state index contributed by atoms with van der Waals surface area (Å²) in [6.45, 7) is 3.81. The van der Waals surface area contributed by atoms with E-state index in [0.29, 0.717) is 30.6 Å². The van der Waals surface area contributed by atoms with Gasteiger partial charge in [0.2, 0.25) is 5.91 Å². The van der Waals surface area contributed by atoms with Crippen LogP contribution in [0.5, 0.6) is 0 Å². The van der Waals surface area contributed by atoms with Gasteiger partial charge >= 0.3 is 0 Å². The van der Waals surface area contributed by atoms with Gasteiger partial charge in [-0.15, -0.1) is 0 Å². The van der Waals surface area contributed by atoms with Gasteiger partial charge < -0.3 is 11.1 Å². The average Bonchev–Trinajstić information content (AvgIpc) is 2.98. The van der Waals surface area contributed by atoms with Crippen LogP contribution in [0.2, 0.25) is 0 Å². The molecule has 2 atom stereocenters. The summed E-state index contributed by atoms with van der Waals surface area (Å²) in [6.07, 6.45) is 1.43. The number of carbonyl (C=O) groups excluding carboxylic acids is 1. The molecule has 5 heteroatoms. The fraction of sp³-hybridized carbons (Fsp3) is 0.350. The normalized spacial score (nSPS) is 20.6. The minimum absolute atomic E-state index is 0.140. The quantitative estimate of drug-likeness (QED) is 0.817. The number of carbonyl (C=O) groups is 1. The van der Waals surface area contributed by atoms with Crippen molar-refractivity contribution < 1.29 is 9.18 Å². The van der Waals surface area contributed by atoms with E-state index in [0.717, 1.165) is 13.0 Å². The van der Waals surface area contributed by atoms with E-state index in [1.807, 2.05) is 6.07 Å². The number of rotatable bonds is 5. The van der Waals surface area contributed by atoms with Crippen molar-refractivity contribution in [3.63, 3.8) is 0 Å². The van der Waals surface area contributed by atoms with Gasteiger partial charge in [0.25, 0.3) is 0 Å². The fourth-order valence-corrected chi connectivity index (χ4v) is 3.47. The Balaban J connectivity index is 1.53. The summed E-state index contributed by atoms with van der Waals surface area (Å²) in [5, 5.41) is 2.61. The average molecular weight is 341 g/mol. The predicted molar refractivity (Wildman–Crippen MR) is 98.9 cm³/mol. The maximum atomic E-state index is 13.7. The number of hydrogen-bond acceptors (Lipinski definition) is 3. The second-order valence-corrected chi connectivity index (χ2v) is 6.72. The number of nitrogen functional groups attached to an aromatic ring is 1. The Labute approximate surface area is 147 Å². The van der Waals surface area contributed by atoms with Crippen LogP contribution in [0, 0.1) is 5.82 Å². The Bertz CT molecular complexity index is 735. The zero-order valence-corrected chi connectivity index (χ0v) is 14.4. The molecule has 0 aromatic heterocycles. The van der Waals surface area contributed by atoms with Gasteiger partial charge in [-0.2, -0.15) is 0 Å². The summed E-state index contributed by atoms with van der Waals surface area (Å²) in [6, 6.07) is 15.1. The molecular weight excluding hydrogens is 317 g/mol. The van der Waals surface area contributed by atoms with Crippen LogP contribution in [0.3, 0.4) is 0 Å². The Hall–Kier alpha value is -2.40. The maximum absolute atomic E-state index is 13.7. The second-order valence-electron chi connectivity index (χ2n) is 6.72. The molecule has 0 spiro atoms. The Morgan fingerprint density at radius 1 is 1.28 bits per heavy atom. The van der Waals surface area contributed by atoms with Crippen LogP contribution in [-0.4, -0.2) is 29.9 Å². The van der Waals surface area contributed by atoms with Gasteiger partial charge in [0.05, 0.1) is 5.69 Å². The third-order valence-electron chi connectivity index (χ3n) is 4.87. The highest BCUT2D eigenvalue weighted by Crippen LogP contribution is 2.31. The number of nitrogens with zero attached hydrogens (tertiary/aromatic N) is 1. The van der Waals surface area contributed by atoms with E-state index in [4.69, 9.17) is 5.73 Å². The summed E-state index contributed by atoms with van der Waals surface area (Å²) in [5.41, 5.74) is 7.56. The molecule has 132 valence electrons. The molecule has 1 aliphatic heterocycles. The van der Waals surface area contributed by atoms with Crippen LogP contribution in [0.4, 0.5) is 15.8 Å². The van der Waals surface area contributed by atoms with E-state index < -0.39 is 5.82 Å². The molecule has 2 aromatic carbocycles. The minimum atomic E-state index is -0.471.